The van der Waals surface area contributed by atoms with Gasteiger partial charge in [-0.25, -0.2) is 0 Å². The van der Waals surface area contributed by atoms with Crippen molar-refractivity contribution in [3.8, 4) is 11.5 Å². The number of ether oxygens (including phenoxy) is 3. The van der Waals surface area contributed by atoms with E-state index in [0.29, 0.717) is 29.7 Å². The smallest absolute Gasteiger partial charge is 0.223 e. The number of nitrogens with one attached hydrogen (secondary N) is 2. The highest BCUT2D eigenvalue weighted by Gasteiger charge is 2.31. The SMILES string of the molecule is O=C(CCOc1ccccc1Cl)N[C@H]1COC[C@H]1Oc1cn[nH]c1. The predicted octanol–water partition coefficient (Wildman–Crippen LogP) is 1.79. The summed E-state index contributed by atoms with van der Waals surface area (Å²) in [5.41, 5.74) is 0. The van der Waals surface area contributed by atoms with Gasteiger partial charge >= 0.3 is 0 Å². The summed E-state index contributed by atoms with van der Waals surface area (Å²) in [5, 5.41) is 9.93. The van der Waals surface area contributed by atoms with Crippen LogP contribution in [-0.4, -0.2) is 48.1 Å². The van der Waals surface area contributed by atoms with Crippen molar-refractivity contribution in [3.63, 3.8) is 0 Å². The van der Waals surface area contributed by atoms with Crippen molar-refractivity contribution in [1.29, 1.82) is 0 Å². The van der Waals surface area contributed by atoms with Crippen LogP contribution in [0.1, 0.15) is 6.42 Å². The highest BCUT2D eigenvalue weighted by Crippen LogP contribution is 2.23. The van der Waals surface area contributed by atoms with Gasteiger partial charge in [0.2, 0.25) is 5.91 Å². The number of aromatic amines is 1. The molecule has 128 valence electrons. The van der Waals surface area contributed by atoms with E-state index in [4.69, 9.17) is 25.8 Å². The van der Waals surface area contributed by atoms with Crippen molar-refractivity contribution >= 4 is 17.5 Å². The molecule has 0 saturated carbocycles. The van der Waals surface area contributed by atoms with E-state index in [2.05, 4.69) is 15.5 Å². The van der Waals surface area contributed by atoms with Crippen LogP contribution in [0.4, 0.5) is 0 Å². The maximum absolute atomic E-state index is 12.1. The topological polar surface area (TPSA) is 85.5 Å². The number of halogens is 1. The summed E-state index contributed by atoms with van der Waals surface area (Å²) in [5.74, 6) is 1.06. The van der Waals surface area contributed by atoms with Crippen LogP contribution in [0.3, 0.4) is 0 Å². The standard InChI is InChI=1S/C16H18ClN3O4/c17-12-3-1-2-4-14(12)23-6-5-16(21)20-13-9-22-10-15(13)24-11-7-18-19-8-11/h1-4,7-8,13,15H,5-6,9-10H2,(H,18,19)(H,20,21)/t13-,15+/m0/s1. The summed E-state index contributed by atoms with van der Waals surface area (Å²) < 4.78 is 16.6. The molecule has 1 amide bonds. The molecular formula is C16H18ClN3O4. The molecule has 0 unspecified atom stereocenters. The predicted molar refractivity (Wildman–Crippen MR) is 87.3 cm³/mol. The molecule has 1 aromatic heterocycles. The Kier molecular flexibility index (Phi) is 5.55. The molecule has 1 aliphatic heterocycles. The Morgan fingerprint density at radius 3 is 3.08 bits per heavy atom. The van der Waals surface area contributed by atoms with Crippen molar-refractivity contribution in [2.24, 2.45) is 0 Å². The van der Waals surface area contributed by atoms with Crippen LogP contribution < -0.4 is 14.8 Å². The monoisotopic (exact) mass is 351 g/mol. The molecule has 2 atom stereocenters. The average Bonchev–Trinajstić information content (AvgIpc) is 3.22. The van der Waals surface area contributed by atoms with Crippen LogP contribution in [0.2, 0.25) is 5.02 Å². The number of hydrogen-bond donors (Lipinski definition) is 2. The molecule has 24 heavy (non-hydrogen) atoms. The first-order valence-corrected chi connectivity index (χ1v) is 8.00. The van der Waals surface area contributed by atoms with Gasteiger partial charge in [0.1, 0.15) is 11.9 Å². The Balaban J connectivity index is 1.43. The summed E-state index contributed by atoms with van der Waals surface area (Å²) in [6.07, 6.45) is 3.21. The Morgan fingerprint density at radius 1 is 1.42 bits per heavy atom. The molecule has 0 spiro atoms. The molecule has 2 aromatic rings. The summed E-state index contributed by atoms with van der Waals surface area (Å²) in [6, 6.07) is 6.95. The first-order chi connectivity index (χ1) is 11.7. The van der Waals surface area contributed by atoms with E-state index in [1.54, 1.807) is 24.5 Å². The number of para-hydroxylation sites is 1. The third kappa shape index (κ3) is 4.39. The largest absolute Gasteiger partial charge is 0.491 e. The van der Waals surface area contributed by atoms with Crippen molar-refractivity contribution in [1.82, 2.24) is 15.5 Å². The zero-order valence-corrected chi connectivity index (χ0v) is 13.7. The van der Waals surface area contributed by atoms with Crippen molar-refractivity contribution in [2.45, 2.75) is 18.6 Å². The molecule has 0 radical (unpaired) electrons. The minimum atomic E-state index is -0.240. The fourth-order valence-corrected chi connectivity index (χ4v) is 2.55. The second kappa shape index (κ2) is 8.03. The highest BCUT2D eigenvalue weighted by molar-refractivity contribution is 6.32. The fourth-order valence-electron chi connectivity index (χ4n) is 2.36. The number of benzene rings is 1. The maximum atomic E-state index is 12.1. The van der Waals surface area contributed by atoms with Gasteiger partial charge in [-0.05, 0) is 12.1 Å². The number of hydrogen-bond acceptors (Lipinski definition) is 5. The zero-order valence-electron chi connectivity index (χ0n) is 12.9. The first-order valence-electron chi connectivity index (χ1n) is 7.62. The molecule has 2 N–H and O–H groups in total. The molecule has 1 fully saturated rings. The number of aromatic nitrogens is 2. The molecule has 2 heterocycles. The van der Waals surface area contributed by atoms with E-state index in [1.807, 2.05) is 12.1 Å². The fraction of sp³-hybridized carbons (Fsp3) is 0.375. The Hall–Kier alpha value is -2.25. The van der Waals surface area contributed by atoms with Gasteiger partial charge in [0, 0.05) is 0 Å². The van der Waals surface area contributed by atoms with E-state index >= 15 is 0 Å². The molecule has 1 aliphatic rings. The summed E-state index contributed by atoms with van der Waals surface area (Å²) in [4.78, 5) is 12.1. The molecule has 0 aliphatic carbocycles. The van der Waals surface area contributed by atoms with Crippen LogP contribution in [0.5, 0.6) is 11.5 Å². The van der Waals surface area contributed by atoms with Gasteiger partial charge in [-0.3, -0.25) is 9.89 Å². The summed E-state index contributed by atoms with van der Waals surface area (Å²) >= 11 is 6.00. The molecule has 7 nitrogen and oxygen atoms in total. The number of rotatable bonds is 7. The van der Waals surface area contributed by atoms with Crippen LogP contribution in [0.15, 0.2) is 36.7 Å². The lowest BCUT2D eigenvalue weighted by Gasteiger charge is -2.19. The van der Waals surface area contributed by atoms with Gasteiger partial charge in [0.05, 0.1) is 49.7 Å². The summed E-state index contributed by atoms with van der Waals surface area (Å²) in [6.45, 7) is 1.09. The number of carbonyl (C=O) groups is 1. The molecule has 1 aromatic carbocycles. The molecule has 0 bridgehead atoms. The van der Waals surface area contributed by atoms with Crippen LogP contribution in [-0.2, 0) is 9.53 Å². The first kappa shape index (κ1) is 16.6. The second-order valence-corrected chi connectivity index (χ2v) is 5.74. The van der Waals surface area contributed by atoms with Crippen LogP contribution in [0.25, 0.3) is 0 Å². The minimum absolute atomic E-state index is 0.127. The highest BCUT2D eigenvalue weighted by atomic mass is 35.5. The Morgan fingerprint density at radius 2 is 2.29 bits per heavy atom. The lowest BCUT2D eigenvalue weighted by atomic mass is 10.2. The van der Waals surface area contributed by atoms with Gasteiger partial charge in [-0.15, -0.1) is 0 Å². The molecule has 8 heteroatoms. The van der Waals surface area contributed by atoms with Gasteiger partial charge in [0.15, 0.2) is 5.75 Å². The minimum Gasteiger partial charge on any atom is -0.491 e. The van der Waals surface area contributed by atoms with E-state index in [-0.39, 0.29) is 31.1 Å². The van der Waals surface area contributed by atoms with Gasteiger partial charge in [-0.1, -0.05) is 23.7 Å². The maximum Gasteiger partial charge on any atom is 0.223 e. The molecule has 1 saturated heterocycles. The average molecular weight is 352 g/mol. The van der Waals surface area contributed by atoms with Gasteiger partial charge in [0.25, 0.3) is 0 Å². The van der Waals surface area contributed by atoms with Gasteiger partial charge in [-0.2, -0.15) is 5.10 Å². The summed E-state index contributed by atoms with van der Waals surface area (Å²) in [7, 11) is 0. The lowest BCUT2D eigenvalue weighted by Crippen LogP contribution is -2.45. The van der Waals surface area contributed by atoms with Gasteiger partial charge < -0.3 is 19.5 Å². The Bertz CT molecular complexity index is 665. The number of nitrogens with zero attached hydrogens (tertiary/aromatic N) is 1. The third-order valence-electron chi connectivity index (χ3n) is 3.56. The number of H-pyrrole nitrogens is 1. The van der Waals surface area contributed by atoms with Crippen molar-refractivity contribution in [3.05, 3.63) is 41.7 Å². The normalized spacial score (nSPS) is 19.9. The van der Waals surface area contributed by atoms with Crippen LogP contribution in [0, 0.1) is 0 Å². The number of carbonyl (C=O) groups excluding carboxylic acids is 1. The third-order valence-corrected chi connectivity index (χ3v) is 3.87. The lowest BCUT2D eigenvalue weighted by molar-refractivity contribution is -0.122. The van der Waals surface area contributed by atoms with Crippen LogP contribution >= 0.6 is 11.6 Å². The molecule has 3 rings (SSSR count). The second-order valence-electron chi connectivity index (χ2n) is 5.33. The zero-order chi connectivity index (χ0) is 16.8. The Labute approximate surface area is 144 Å². The quantitative estimate of drug-likeness (QED) is 0.794. The van der Waals surface area contributed by atoms with E-state index in [9.17, 15) is 4.79 Å². The van der Waals surface area contributed by atoms with E-state index < -0.39 is 0 Å². The van der Waals surface area contributed by atoms with E-state index in [1.165, 1.54) is 0 Å². The molecular weight excluding hydrogens is 334 g/mol. The number of amides is 1. The van der Waals surface area contributed by atoms with E-state index in [0.717, 1.165) is 0 Å². The van der Waals surface area contributed by atoms with Crippen molar-refractivity contribution < 1.29 is 19.0 Å². The van der Waals surface area contributed by atoms with Crippen molar-refractivity contribution in [2.75, 3.05) is 19.8 Å².